The molecule has 0 amide bonds. The summed E-state index contributed by atoms with van der Waals surface area (Å²) < 4.78 is 0. The van der Waals surface area contributed by atoms with Gasteiger partial charge in [-0.3, -0.25) is 0 Å². The van der Waals surface area contributed by atoms with Gasteiger partial charge >= 0.3 is 0 Å². The van der Waals surface area contributed by atoms with Crippen molar-refractivity contribution in [2.45, 2.75) is 70.2 Å². The van der Waals surface area contributed by atoms with Gasteiger partial charge in [-0.1, -0.05) is 69.6 Å². The summed E-state index contributed by atoms with van der Waals surface area (Å²) in [6.07, 6.45) is 7.65. The predicted octanol–water partition coefficient (Wildman–Crippen LogP) is 5.93. The van der Waals surface area contributed by atoms with Crippen LogP contribution < -0.4 is 0 Å². The lowest BCUT2D eigenvalue weighted by Gasteiger charge is -2.39. The van der Waals surface area contributed by atoms with Gasteiger partial charge in [-0.25, -0.2) is 0 Å². The average molecular weight is 214 g/mol. The van der Waals surface area contributed by atoms with E-state index in [9.17, 15) is 0 Å². The van der Waals surface area contributed by atoms with Crippen LogP contribution in [0.15, 0.2) is 12.2 Å². The maximum absolute atomic E-state index is 2.44. The van der Waals surface area contributed by atoms with Gasteiger partial charge in [0, 0.05) is 0 Å². The Balaban J connectivity index is -0.000000360. The van der Waals surface area contributed by atoms with Crippen LogP contribution in [0.4, 0.5) is 0 Å². The molecule has 0 aromatic rings. The number of rotatable bonds is 0. The molecule has 2 rings (SSSR count). The van der Waals surface area contributed by atoms with Crippen LogP contribution in [0.2, 0.25) is 0 Å². The van der Waals surface area contributed by atoms with E-state index in [1.807, 2.05) is 0 Å². The van der Waals surface area contributed by atoms with Crippen LogP contribution in [0.5, 0.6) is 0 Å². The summed E-state index contributed by atoms with van der Waals surface area (Å²) in [5.41, 5.74) is 1.46. The normalized spacial score (nSPS) is 38.1. The first-order chi connectivity index (χ1) is 4.91. The molecule has 0 spiro atoms. The van der Waals surface area contributed by atoms with E-state index in [4.69, 9.17) is 0 Å². The maximum Gasteiger partial charge on any atom is -0.00867 e. The van der Waals surface area contributed by atoms with E-state index in [0.717, 1.165) is 0 Å². The van der Waals surface area contributed by atoms with Crippen molar-refractivity contribution in [2.24, 2.45) is 16.2 Å². The first-order valence-electron chi connectivity index (χ1n) is 4.62. The molecular weight excluding hydrogens is 180 g/mol. The standard InChI is InChI=1S/C11H18.4CH4/c1-9(2)10(3)5-7-11(9,4)8-6-10;;;;/h5,7H,6,8H2,1-4H3;4*1H4. The minimum atomic E-state index is 0. The average Bonchev–Trinajstić information content (AvgIpc) is 2.19. The van der Waals surface area contributed by atoms with Crippen molar-refractivity contribution >= 4 is 0 Å². The van der Waals surface area contributed by atoms with Crippen molar-refractivity contribution in [3.05, 3.63) is 12.2 Å². The zero-order valence-electron chi connectivity index (χ0n) is 8.07. The molecule has 0 heteroatoms. The Morgan fingerprint density at radius 1 is 0.667 bits per heavy atom. The molecule has 0 radical (unpaired) electrons. The van der Waals surface area contributed by atoms with Crippen LogP contribution in [-0.4, -0.2) is 0 Å². The predicted molar refractivity (Wildman–Crippen MR) is 75.3 cm³/mol. The quantitative estimate of drug-likeness (QED) is 0.438. The fourth-order valence-electron chi connectivity index (χ4n) is 2.75. The minimum absolute atomic E-state index is 0. The molecule has 2 unspecified atom stereocenters. The first-order valence-corrected chi connectivity index (χ1v) is 4.62. The van der Waals surface area contributed by atoms with Crippen LogP contribution in [0, 0.1) is 16.2 Å². The molecule has 0 aliphatic heterocycles. The lowest BCUT2D eigenvalue weighted by Crippen LogP contribution is -2.32. The summed E-state index contributed by atoms with van der Waals surface area (Å²) >= 11 is 0. The Hall–Kier alpha value is -0.260. The highest BCUT2D eigenvalue weighted by atomic mass is 14.6. The van der Waals surface area contributed by atoms with Gasteiger partial charge in [-0.2, -0.15) is 0 Å². The number of fused-ring (bicyclic) bond motifs is 2. The Bertz CT molecular complexity index is 202. The second-order valence-corrected chi connectivity index (χ2v) is 5.29. The number of allylic oxidation sites excluding steroid dienone is 2. The zero-order chi connectivity index (χ0) is 8.33. The second-order valence-electron chi connectivity index (χ2n) is 5.29. The molecule has 0 nitrogen and oxygen atoms in total. The Kier molecular flexibility index (Phi) is 6.35. The van der Waals surface area contributed by atoms with Crippen molar-refractivity contribution < 1.29 is 0 Å². The summed E-state index contributed by atoms with van der Waals surface area (Å²) in [4.78, 5) is 0. The smallest absolute Gasteiger partial charge is 0.00867 e. The molecule has 1 saturated carbocycles. The highest BCUT2D eigenvalue weighted by Crippen LogP contribution is 2.68. The van der Waals surface area contributed by atoms with Crippen LogP contribution in [0.1, 0.15) is 70.2 Å². The van der Waals surface area contributed by atoms with Crippen LogP contribution >= 0.6 is 0 Å². The lowest BCUT2D eigenvalue weighted by molar-refractivity contribution is 0.120. The van der Waals surface area contributed by atoms with Crippen molar-refractivity contribution in [2.75, 3.05) is 0 Å². The minimum Gasteiger partial charge on any atom is -0.0814 e. The molecule has 94 valence electrons. The van der Waals surface area contributed by atoms with Gasteiger partial charge in [0.25, 0.3) is 0 Å². The highest BCUT2D eigenvalue weighted by molar-refractivity contribution is 5.27. The van der Waals surface area contributed by atoms with Gasteiger partial charge < -0.3 is 0 Å². The second kappa shape index (κ2) is 4.72. The van der Waals surface area contributed by atoms with Crippen LogP contribution in [-0.2, 0) is 0 Å². The van der Waals surface area contributed by atoms with E-state index in [-0.39, 0.29) is 29.7 Å². The van der Waals surface area contributed by atoms with Crippen LogP contribution in [0.3, 0.4) is 0 Å². The molecule has 0 aromatic heterocycles. The molecule has 2 bridgehead atoms. The summed E-state index contributed by atoms with van der Waals surface area (Å²) in [6, 6.07) is 0. The molecule has 0 N–H and O–H groups in total. The molecule has 1 fully saturated rings. The van der Waals surface area contributed by atoms with E-state index in [1.165, 1.54) is 12.8 Å². The third-order valence-corrected chi connectivity index (χ3v) is 4.84. The third kappa shape index (κ3) is 1.88. The Labute approximate surface area is 99.2 Å². The van der Waals surface area contributed by atoms with E-state index in [2.05, 4.69) is 39.8 Å². The van der Waals surface area contributed by atoms with Gasteiger partial charge in [-0.05, 0) is 29.1 Å². The monoisotopic (exact) mass is 214 g/mol. The van der Waals surface area contributed by atoms with Crippen LogP contribution in [0.25, 0.3) is 0 Å². The highest BCUT2D eigenvalue weighted by Gasteiger charge is 2.59. The molecule has 0 saturated heterocycles. The Morgan fingerprint density at radius 2 is 0.933 bits per heavy atom. The zero-order valence-corrected chi connectivity index (χ0v) is 8.07. The van der Waals surface area contributed by atoms with Crippen molar-refractivity contribution in [3.63, 3.8) is 0 Å². The van der Waals surface area contributed by atoms with E-state index >= 15 is 0 Å². The Morgan fingerprint density at radius 3 is 1.00 bits per heavy atom. The SMILES string of the molecule is C.C.C.C.CC12C=CC(C)(CC1)C2(C)C. The molecule has 2 aliphatic carbocycles. The fourth-order valence-corrected chi connectivity index (χ4v) is 2.75. The number of hydrogen-bond acceptors (Lipinski definition) is 0. The molecule has 0 aromatic carbocycles. The van der Waals surface area contributed by atoms with Crippen molar-refractivity contribution in [3.8, 4) is 0 Å². The lowest BCUT2D eigenvalue weighted by atomic mass is 9.65. The molecule has 2 atom stereocenters. The van der Waals surface area contributed by atoms with Gasteiger partial charge in [0.15, 0.2) is 0 Å². The first kappa shape index (κ1) is 20.2. The molecule has 2 aliphatic rings. The van der Waals surface area contributed by atoms with E-state index in [0.29, 0.717) is 16.2 Å². The van der Waals surface area contributed by atoms with E-state index < -0.39 is 0 Å². The van der Waals surface area contributed by atoms with Gasteiger partial charge in [0.05, 0.1) is 0 Å². The summed E-state index contributed by atoms with van der Waals surface area (Å²) in [7, 11) is 0. The van der Waals surface area contributed by atoms with Gasteiger partial charge in [0.1, 0.15) is 0 Å². The topological polar surface area (TPSA) is 0 Å². The van der Waals surface area contributed by atoms with E-state index in [1.54, 1.807) is 0 Å². The summed E-state index contributed by atoms with van der Waals surface area (Å²) in [6.45, 7) is 9.64. The third-order valence-electron chi connectivity index (χ3n) is 4.84. The largest absolute Gasteiger partial charge is 0.0814 e. The summed E-state index contributed by atoms with van der Waals surface area (Å²) in [5, 5.41) is 0. The molecule has 0 heterocycles. The van der Waals surface area contributed by atoms with Gasteiger partial charge in [-0.15, -0.1) is 0 Å². The molecular formula is C15H34. The molecule has 15 heavy (non-hydrogen) atoms. The van der Waals surface area contributed by atoms with Crippen molar-refractivity contribution in [1.82, 2.24) is 0 Å². The summed E-state index contributed by atoms with van der Waals surface area (Å²) in [5.74, 6) is 0. The van der Waals surface area contributed by atoms with Gasteiger partial charge in [0.2, 0.25) is 0 Å². The number of hydrogen-bond donors (Lipinski definition) is 0. The maximum atomic E-state index is 2.44. The van der Waals surface area contributed by atoms with Crippen molar-refractivity contribution in [1.29, 1.82) is 0 Å². The fraction of sp³-hybridized carbons (Fsp3) is 0.867.